The van der Waals surface area contributed by atoms with E-state index in [0.29, 0.717) is 10.8 Å². The molecular weight excluding hydrogens is 353 g/mol. The maximum Gasteiger partial charge on any atom is 0.224 e. The molecule has 0 bridgehead atoms. The highest BCUT2D eigenvalue weighted by Gasteiger charge is 2.13. The molecule has 0 unspecified atom stereocenters. The van der Waals surface area contributed by atoms with Crippen molar-refractivity contribution < 1.29 is 5.11 Å². The third-order valence-electron chi connectivity index (χ3n) is 2.46. The summed E-state index contributed by atoms with van der Waals surface area (Å²) in [6, 6.07) is 7.27. The van der Waals surface area contributed by atoms with E-state index < -0.39 is 0 Å². The first-order chi connectivity index (χ1) is 9.10. The van der Waals surface area contributed by atoms with E-state index in [1.165, 1.54) is 6.20 Å². The molecule has 1 atom stereocenters. The molecular formula is C12H10BrCl2N3O. The molecule has 0 aliphatic rings. The summed E-state index contributed by atoms with van der Waals surface area (Å²) in [5.74, 6) is 0.390. The number of hydrogen-bond acceptors (Lipinski definition) is 4. The Balaban J connectivity index is 2.26. The molecule has 1 heterocycles. The first-order valence-corrected chi connectivity index (χ1v) is 6.96. The van der Waals surface area contributed by atoms with Crippen LogP contribution in [0.5, 0.6) is 0 Å². The number of rotatable bonds is 4. The Kier molecular flexibility index (Phi) is 4.99. The van der Waals surface area contributed by atoms with Crippen LogP contribution in [0.2, 0.25) is 10.3 Å². The largest absolute Gasteiger partial charge is 0.394 e. The fourth-order valence-corrected chi connectivity index (χ4v) is 2.27. The zero-order valence-corrected chi connectivity index (χ0v) is 12.7. The van der Waals surface area contributed by atoms with Crippen LogP contribution in [0.4, 0.5) is 5.82 Å². The van der Waals surface area contributed by atoms with Crippen molar-refractivity contribution in [2.75, 3.05) is 11.9 Å². The lowest BCUT2D eigenvalue weighted by molar-refractivity contribution is 0.276. The van der Waals surface area contributed by atoms with Crippen LogP contribution < -0.4 is 5.32 Å². The molecule has 7 heteroatoms. The Morgan fingerprint density at radius 3 is 2.84 bits per heavy atom. The summed E-state index contributed by atoms with van der Waals surface area (Å²) in [5.41, 5.74) is 0.905. The number of aliphatic hydroxyl groups is 1. The standard InChI is InChI=1S/C12H10BrCl2N3O/c13-8-3-1-2-7(4-8)10(6-19)17-11-9(14)5-16-12(15)18-11/h1-5,10,19H,6H2,(H,16,17,18)/t10-/m1/s1. The van der Waals surface area contributed by atoms with E-state index in [2.05, 4.69) is 31.2 Å². The van der Waals surface area contributed by atoms with Gasteiger partial charge in [0.1, 0.15) is 10.8 Å². The van der Waals surface area contributed by atoms with Crippen molar-refractivity contribution in [3.8, 4) is 0 Å². The van der Waals surface area contributed by atoms with Gasteiger partial charge in [-0.2, -0.15) is 4.98 Å². The molecule has 0 saturated carbocycles. The molecule has 1 aromatic heterocycles. The predicted molar refractivity (Wildman–Crippen MR) is 79.6 cm³/mol. The highest BCUT2D eigenvalue weighted by Crippen LogP contribution is 2.26. The van der Waals surface area contributed by atoms with Crippen LogP contribution in [0.25, 0.3) is 0 Å². The van der Waals surface area contributed by atoms with E-state index >= 15 is 0 Å². The van der Waals surface area contributed by atoms with Gasteiger partial charge in [0.25, 0.3) is 0 Å². The smallest absolute Gasteiger partial charge is 0.224 e. The van der Waals surface area contributed by atoms with Gasteiger partial charge in [-0.15, -0.1) is 0 Å². The molecule has 0 spiro atoms. The first kappa shape index (κ1) is 14.5. The molecule has 2 N–H and O–H groups in total. The van der Waals surface area contributed by atoms with Gasteiger partial charge in [-0.05, 0) is 29.3 Å². The van der Waals surface area contributed by atoms with E-state index in [0.717, 1.165) is 10.0 Å². The number of hydrogen-bond donors (Lipinski definition) is 2. The molecule has 2 rings (SSSR count). The van der Waals surface area contributed by atoms with E-state index in [1.807, 2.05) is 24.3 Å². The SMILES string of the molecule is OC[C@@H](Nc1nc(Cl)ncc1Cl)c1cccc(Br)c1. The Hall–Kier alpha value is -0.880. The van der Waals surface area contributed by atoms with Gasteiger partial charge in [-0.25, -0.2) is 4.98 Å². The molecule has 1 aromatic carbocycles. The fourth-order valence-electron chi connectivity index (χ4n) is 1.57. The van der Waals surface area contributed by atoms with Crippen LogP contribution in [0, 0.1) is 0 Å². The van der Waals surface area contributed by atoms with Crippen molar-refractivity contribution in [3.63, 3.8) is 0 Å². The van der Waals surface area contributed by atoms with Crippen LogP contribution in [-0.2, 0) is 0 Å². The van der Waals surface area contributed by atoms with Gasteiger partial charge in [0.15, 0.2) is 0 Å². The normalized spacial score (nSPS) is 12.2. The number of halogens is 3. The summed E-state index contributed by atoms with van der Waals surface area (Å²) >= 11 is 15.1. The summed E-state index contributed by atoms with van der Waals surface area (Å²) < 4.78 is 0.928. The second-order valence-electron chi connectivity index (χ2n) is 3.77. The van der Waals surface area contributed by atoms with Crippen LogP contribution in [0.1, 0.15) is 11.6 Å². The number of aliphatic hydroxyl groups excluding tert-OH is 1. The molecule has 0 radical (unpaired) electrons. The third-order valence-corrected chi connectivity index (χ3v) is 3.41. The van der Waals surface area contributed by atoms with Crippen LogP contribution in [-0.4, -0.2) is 21.7 Å². The second kappa shape index (κ2) is 6.52. The van der Waals surface area contributed by atoms with E-state index in [9.17, 15) is 5.11 Å². The molecule has 19 heavy (non-hydrogen) atoms. The monoisotopic (exact) mass is 361 g/mol. The van der Waals surface area contributed by atoms with Crippen molar-refractivity contribution in [2.45, 2.75) is 6.04 Å². The summed E-state index contributed by atoms with van der Waals surface area (Å²) in [7, 11) is 0. The molecule has 0 amide bonds. The van der Waals surface area contributed by atoms with Crippen LogP contribution in [0.3, 0.4) is 0 Å². The van der Waals surface area contributed by atoms with Gasteiger partial charge in [0.05, 0.1) is 18.8 Å². The minimum Gasteiger partial charge on any atom is -0.394 e. The van der Waals surface area contributed by atoms with Gasteiger partial charge >= 0.3 is 0 Å². The number of anilines is 1. The molecule has 0 aliphatic heterocycles. The van der Waals surface area contributed by atoms with Crippen LogP contribution in [0.15, 0.2) is 34.9 Å². The van der Waals surface area contributed by atoms with E-state index in [-0.39, 0.29) is 17.9 Å². The van der Waals surface area contributed by atoms with Gasteiger partial charge in [0, 0.05) is 4.47 Å². The molecule has 4 nitrogen and oxygen atoms in total. The lowest BCUT2D eigenvalue weighted by Gasteiger charge is -2.18. The van der Waals surface area contributed by atoms with Crippen molar-refractivity contribution in [1.82, 2.24) is 9.97 Å². The van der Waals surface area contributed by atoms with Gasteiger partial charge in [0.2, 0.25) is 5.28 Å². The van der Waals surface area contributed by atoms with E-state index in [1.54, 1.807) is 0 Å². The fraction of sp³-hybridized carbons (Fsp3) is 0.167. The number of nitrogens with zero attached hydrogens (tertiary/aromatic N) is 2. The lowest BCUT2D eigenvalue weighted by Crippen LogP contribution is -2.16. The summed E-state index contributed by atoms with van der Waals surface area (Å²) in [6.45, 7) is -0.103. The average Bonchev–Trinajstić information content (AvgIpc) is 2.39. The maximum absolute atomic E-state index is 9.49. The molecule has 0 fully saturated rings. The van der Waals surface area contributed by atoms with Crippen molar-refractivity contribution in [3.05, 3.63) is 50.8 Å². The second-order valence-corrected chi connectivity index (χ2v) is 5.43. The predicted octanol–water partition coefficient (Wildman–Crippen LogP) is 3.69. The maximum atomic E-state index is 9.49. The van der Waals surface area contributed by atoms with Gasteiger partial charge in [-0.3, -0.25) is 0 Å². The highest BCUT2D eigenvalue weighted by atomic mass is 79.9. The summed E-state index contributed by atoms with van der Waals surface area (Å²) in [5, 5.41) is 13.0. The zero-order valence-electron chi connectivity index (χ0n) is 9.65. The molecule has 100 valence electrons. The van der Waals surface area contributed by atoms with Crippen molar-refractivity contribution in [2.24, 2.45) is 0 Å². The quantitative estimate of drug-likeness (QED) is 0.814. The van der Waals surface area contributed by atoms with Gasteiger partial charge < -0.3 is 10.4 Å². The topological polar surface area (TPSA) is 58.0 Å². The van der Waals surface area contributed by atoms with Crippen LogP contribution >= 0.6 is 39.1 Å². The number of benzene rings is 1. The average molecular weight is 363 g/mol. The minimum atomic E-state index is -0.332. The number of aromatic nitrogens is 2. The Labute approximate surface area is 128 Å². The summed E-state index contributed by atoms with van der Waals surface area (Å²) in [6.07, 6.45) is 1.41. The zero-order chi connectivity index (χ0) is 13.8. The Bertz CT molecular complexity index is 583. The molecule has 0 saturated heterocycles. The minimum absolute atomic E-state index is 0.0952. The first-order valence-electron chi connectivity index (χ1n) is 5.41. The highest BCUT2D eigenvalue weighted by molar-refractivity contribution is 9.10. The van der Waals surface area contributed by atoms with Gasteiger partial charge in [-0.1, -0.05) is 39.7 Å². The Morgan fingerprint density at radius 2 is 2.16 bits per heavy atom. The number of nitrogens with one attached hydrogen (secondary N) is 1. The Morgan fingerprint density at radius 1 is 1.37 bits per heavy atom. The lowest BCUT2D eigenvalue weighted by atomic mass is 10.1. The summed E-state index contributed by atoms with van der Waals surface area (Å²) in [4.78, 5) is 7.77. The molecule has 0 aliphatic carbocycles. The molecule has 2 aromatic rings. The van der Waals surface area contributed by atoms with E-state index in [4.69, 9.17) is 23.2 Å². The third kappa shape index (κ3) is 3.79. The van der Waals surface area contributed by atoms with Crippen molar-refractivity contribution in [1.29, 1.82) is 0 Å². The van der Waals surface area contributed by atoms with Crippen molar-refractivity contribution >= 4 is 44.9 Å².